The van der Waals surface area contributed by atoms with Gasteiger partial charge in [-0.1, -0.05) is 54.1 Å². The number of hydrogen-bond donors (Lipinski definition) is 2. The van der Waals surface area contributed by atoms with E-state index in [1.165, 1.54) is 0 Å². The van der Waals surface area contributed by atoms with Crippen molar-refractivity contribution in [3.63, 3.8) is 0 Å². The molecule has 3 aromatic rings. The first-order valence-electron chi connectivity index (χ1n) is 10.00. The van der Waals surface area contributed by atoms with Gasteiger partial charge < -0.3 is 10.6 Å². The minimum absolute atomic E-state index is 0.0432. The van der Waals surface area contributed by atoms with Crippen molar-refractivity contribution < 1.29 is 14.4 Å². The number of fused-ring (bicyclic) bond motifs is 1. The summed E-state index contributed by atoms with van der Waals surface area (Å²) in [4.78, 5) is 36.7. The lowest BCUT2D eigenvalue weighted by Crippen LogP contribution is -2.33. The summed E-state index contributed by atoms with van der Waals surface area (Å²) in [6.07, 6.45) is 0.142. The number of aryl methyl sites for hydroxylation is 3. The van der Waals surface area contributed by atoms with Crippen LogP contribution in [0.2, 0.25) is 0 Å². The van der Waals surface area contributed by atoms with Crippen molar-refractivity contribution in [3.05, 3.63) is 76.9 Å². The Morgan fingerprint density at radius 1 is 0.767 bits per heavy atom. The van der Waals surface area contributed by atoms with E-state index in [2.05, 4.69) is 10.6 Å². The standard InChI is InChI=1S/C25H26N2O3/c1-16-12-17(2)25(18(3)13-16)27-24(30)15-26-23(29)11-10-22(28)21-9-8-19-6-4-5-7-20(19)14-21/h4-9,12-14H,10-11,15H2,1-3H3,(H,26,29)(H,27,30). The van der Waals surface area contributed by atoms with Crippen molar-refractivity contribution >= 4 is 34.1 Å². The molecule has 154 valence electrons. The Hall–Kier alpha value is -3.47. The summed E-state index contributed by atoms with van der Waals surface area (Å²) in [7, 11) is 0. The van der Waals surface area contributed by atoms with Gasteiger partial charge in [-0.25, -0.2) is 0 Å². The zero-order valence-corrected chi connectivity index (χ0v) is 17.5. The van der Waals surface area contributed by atoms with E-state index >= 15 is 0 Å². The minimum Gasteiger partial charge on any atom is -0.347 e. The molecule has 0 saturated carbocycles. The van der Waals surface area contributed by atoms with Crippen LogP contribution in [0.1, 0.15) is 39.9 Å². The number of amides is 2. The molecule has 0 fully saturated rings. The van der Waals surface area contributed by atoms with Gasteiger partial charge in [0.15, 0.2) is 5.78 Å². The normalized spacial score (nSPS) is 10.6. The van der Waals surface area contributed by atoms with Crippen molar-refractivity contribution in [2.24, 2.45) is 0 Å². The number of nitrogens with one attached hydrogen (secondary N) is 2. The molecule has 0 unspecified atom stereocenters. The van der Waals surface area contributed by atoms with Crippen LogP contribution in [0.3, 0.4) is 0 Å². The number of Topliss-reactive ketones (excluding diaryl/α,β-unsaturated/α-hetero) is 1. The second kappa shape index (κ2) is 9.35. The van der Waals surface area contributed by atoms with Gasteiger partial charge in [0.1, 0.15) is 0 Å². The molecule has 0 aliphatic carbocycles. The highest BCUT2D eigenvalue weighted by molar-refractivity contribution is 6.01. The Bertz CT molecular complexity index is 1100. The second-order valence-corrected chi connectivity index (χ2v) is 7.58. The van der Waals surface area contributed by atoms with Gasteiger partial charge in [0.2, 0.25) is 11.8 Å². The molecular weight excluding hydrogens is 376 g/mol. The Morgan fingerprint density at radius 3 is 2.13 bits per heavy atom. The highest BCUT2D eigenvalue weighted by Gasteiger charge is 2.12. The Labute approximate surface area is 176 Å². The predicted octanol–water partition coefficient (Wildman–Crippen LogP) is 4.48. The molecule has 5 heteroatoms. The first kappa shape index (κ1) is 21.2. The van der Waals surface area contributed by atoms with E-state index in [9.17, 15) is 14.4 Å². The second-order valence-electron chi connectivity index (χ2n) is 7.58. The number of ketones is 1. The van der Waals surface area contributed by atoms with Crippen LogP contribution in [0.25, 0.3) is 10.8 Å². The molecule has 0 aliphatic heterocycles. The monoisotopic (exact) mass is 402 g/mol. The predicted molar refractivity (Wildman–Crippen MR) is 120 cm³/mol. The van der Waals surface area contributed by atoms with Gasteiger partial charge >= 0.3 is 0 Å². The van der Waals surface area contributed by atoms with Crippen LogP contribution in [0.4, 0.5) is 5.69 Å². The number of carbonyl (C=O) groups is 3. The molecule has 30 heavy (non-hydrogen) atoms. The SMILES string of the molecule is Cc1cc(C)c(NC(=O)CNC(=O)CCC(=O)c2ccc3ccccc3c2)c(C)c1. The molecular formula is C25H26N2O3. The van der Waals surface area contributed by atoms with Crippen LogP contribution in [0, 0.1) is 20.8 Å². The summed E-state index contributed by atoms with van der Waals surface area (Å²) < 4.78 is 0. The van der Waals surface area contributed by atoms with Gasteiger partial charge in [0.25, 0.3) is 0 Å². The lowest BCUT2D eigenvalue weighted by atomic mass is 10.0. The molecule has 0 atom stereocenters. The van der Waals surface area contributed by atoms with Gasteiger partial charge in [-0.15, -0.1) is 0 Å². The Kier molecular flexibility index (Phi) is 6.62. The Balaban J connectivity index is 1.48. The van der Waals surface area contributed by atoms with Crippen LogP contribution in [-0.4, -0.2) is 24.1 Å². The van der Waals surface area contributed by atoms with Gasteiger partial charge in [0, 0.05) is 24.1 Å². The topological polar surface area (TPSA) is 75.3 Å². The molecule has 0 aromatic heterocycles. The smallest absolute Gasteiger partial charge is 0.243 e. The third-order valence-electron chi connectivity index (χ3n) is 5.04. The molecule has 2 N–H and O–H groups in total. The van der Waals surface area contributed by atoms with Crippen molar-refractivity contribution in [3.8, 4) is 0 Å². The highest BCUT2D eigenvalue weighted by atomic mass is 16.2. The van der Waals surface area contributed by atoms with Gasteiger partial charge in [-0.2, -0.15) is 0 Å². The number of carbonyl (C=O) groups excluding carboxylic acids is 3. The molecule has 2 amide bonds. The molecule has 0 bridgehead atoms. The fourth-order valence-electron chi connectivity index (χ4n) is 3.56. The maximum atomic E-state index is 12.4. The van der Waals surface area contributed by atoms with Crippen LogP contribution in [0.5, 0.6) is 0 Å². The third kappa shape index (κ3) is 5.32. The van der Waals surface area contributed by atoms with Gasteiger partial charge in [-0.3, -0.25) is 14.4 Å². The summed E-state index contributed by atoms with van der Waals surface area (Å²) in [5.41, 5.74) is 4.45. The fraction of sp³-hybridized carbons (Fsp3) is 0.240. The van der Waals surface area contributed by atoms with E-state index in [1.807, 2.05) is 69.3 Å². The number of hydrogen-bond acceptors (Lipinski definition) is 3. The van der Waals surface area contributed by atoms with Crippen LogP contribution >= 0.6 is 0 Å². The van der Waals surface area contributed by atoms with E-state index in [0.29, 0.717) is 5.56 Å². The van der Waals surface area contributed by atoms with Crippen LogP contribution in [0.15, 0.2) is 54.6 Å². The summed E-state index contributed by atoms with van der Waals surface area (Å²) in [6, 6.07) is 17.3. The van der Waals surface area contributed by atoms with Crippen molar-refractivity contribution in [2.75, 3.05) is 11.9 Å². The van der Waals surface area contributed by atoms with Crippen molar-refractivity contribution in [2.45, 2.75) is 33.6 Å². The van der Waals surface area contributed by atoms with E-state index in [4.69, 9.17) is 0 Å². The average molecular weight is 402 g/mol. The van der Waals surface area contributed by atoms with Crippen LogP contribution < -0.4 is 10.6 Å². The van der Waals surface area contributed by atoms with Crippen molar-refractivity contribution in [1.29, 1.82) is 0 Å². The summed E-state index contributed by atoms with van der Waals surface area (Å²) >= 11 is 0. The molecule has 0 aliphatic rings. The first-order valence-corrected chi connectivity index (χ1v) is 10.00. The summed E-state index contributed by atoms with van der Waals surface area (Å²) in [5.74, 6) is -0.706. The number of anilines is 1. The van der Waals surface area contributed by atoms with E-state index in [0.717, 1.165) is 33.2 Å². The molecule has 3 aromatic carbocycles. The molecule has 0 spiro atoms. The molecule has 5 nitrogen and oxygen atoms in total. The number of benzene rings is 3. The third-order valence-corrected chi connectivity index (χ3v) is 5.04. The van der Waals surface area contributed by atoms with E-state index < -0.39 is 0 Å². The van der Waals surface area contributed by atoms with Crippen LogP contribution in [-0.2, 0) is 9.59 Å². The Morgan fingerprint density at radius 2 is 1.43 bits per heavy atom. The lowest BCUT2D eigenvalue weighted by molar-refractivity contribution is -0.124. The van der Waals surface area contributed by atoms with Crippen molar-refractivity contribution in [1.82, 2.24) is 5.32 Å². The van der Waals surface area contributed by atoms with Gasteiger partial charge in [-0.05, 0) is 48.7 Å². The maximum absolute atomic E-state index is 12.4. The quantitative estimate of drug-likeness (QED) is 0.572. The maximum Gasteiger partial charge on any atom is 0.243 e. The minimum atomic E-state index is -0.323. The lowest BCUT2D eigenvalue weighted by Gasteiger charge is -2.13. The van der Waals surface area contributed by atoms with E-state index in [-0.39, 0.29) is 37.0 Å². The molecule has 3 rings (SSSR count). The number of rotatable bonds is 7. The fourth-order valence-corrected chi connectivity index (χ4v) is 3.56. The molecule has 0 saturated heterocycles. The van der Waals surface area contributed by atoms with E-state index in [1.54, 1.807) is 6.07 Å². The zero-order chi connectivity index (χ0) is 21.7. The molecule has 0 heterocycles. The highest BCUT2D eigenvalue weighted by Crippen LogP contribution is 2.21. The summed E-state index contributed by atoms with van der Waals surface area (Å²) in [6.45, 7) is 5.75. The first-order chi connectivity index (χ1) is 14.3. The zero-order valence-electron chi connectivity index (χ0n) is 17.5. The largest absolute Gasteiger partial charge is 0.347 e. The molecule has 0 radical (unpaired) electrons. The van der Waals surface area contributed by atoms with Gasteiger partial charge in [0.05, 0.1) is 6.54 Å². The summed E-state index contributed by atoms with van der Waals surface area (Å²) in [5, 5.41) is 7.49. The average Bonchev–Trinajstić information content (AvgIpc) is 2.72.